The lowest BCUT2D eigenvalue weighted by Crippen LogP contribution is -2.50. The fraction of sp³-hybridized carbons (Fsp3) is 0.556. The first-order valence-corrected chi connectivity index (χ1v) is 7.61. The van der Waals surface area contributed by atoms with Gasteiger partial charge in [-0.25, -0.2) is 14.2 Å². The summed E-state index contributed by atoms with van der Waals surface area (Å²) < 4.78 is 56.1. The lowest BCUT2D eigenvalue weighted by Gasteiger charge is -2.36. The Morgan fingerprint density at radius 1 is 1.46 bits per heavy atom. The van der Waals surface area contributed by atoms with Crippen LogP contribution in [0.25, 0.3) is 0 Å². The van der Waals surface area contributed by atoms with Crippen LogP contribution in [0.3, 0.4) is 0 Å². The average molecular weight is 338 g/mol. The van der Waals surface area contributed by atoms with Gasteiger partial charge >= 0.3 is 6.09 Å². The molecule has 0 unspecified atom stereocenters. The van der Waals surface area contributed by atoms with Crippen molar-refractivity contribution in [3.05, 3.63) is 23.8 Å². The molecule has 1 aliphatic rings. The minimum Gasteiger partial charge on any atom is -0.444 e. The van der Waals surface area contributed by atoms with Crippen molar-refractivity contribution < 1.29 is 20.8 Å². The highest BCUT2D eigenvalue weighted by Crippen LogP contribution is 2.21. The number of anilines is 1. The molecule has 1 aromatic rings. The molecular weight excluding hydrogens is 309 g/mol. The summed E-state index contributed by atoms with van der Waals surface area (Å²) in [6.07, 6.45) is -2.17. The standard InChI is InChI=1S/C18H24FN3O2/c1-5-6-7-14-12-16(15(19)13-20-14)21-8-10-22(11-9-21)17(23)24-18(2,3)4/h12-13H,5,8-11H2,1-4H3/i1D3,5D2. The zero-order chi connectivity index (χ0) is 22.0. The lowest BCUT2D eigenvalue weighted by atomic mass is 10.2. The summed E-state index contributed by atoms with van der Waals surface area (Å²) in [6, 6.07) is 1.35. The highest BCUT2D eigenvalue weighted by atomic mass is 19.1. The van der Waals surface area contributed by atoms with Gasteiger partial charge in [-0.2, -0.15) is 0 Å². The van der Waals surface area contributed by atoms with E-state index in [0.29, 0.717) is 26.2 Å². The fourth-order valence-corrected chi connectivity index (χ4v) is 2.29. The van der Waals surface area contributed by atoms with Crippen LogP contribution in [0.1, 0.15) is 46.5 Å². The monoisotopic (exact) mass is 338 g/mol. The molecule has 2 rings (SSSR count). The zero-order valence-corrected chi connectivity index (χ0v) is 14.0. The van der Waals surface area contributed by atoms with Gasteiger partial charge in [-0.3, -0.25) is 0 Å². The molecule has 0 aliphatic carbocycles. The molecular formula is C18H24FN3O2. The number of nitrogens with zero attached hydrogens (tertiary/aromatic N) is 3. The zero-order valence-electron chi connectivity index (χ0n) is 19.0. The minimum absolute atomic E-state index is 0.0593. The summed E-state index contributed by atoms with van der Waals surface area (Å²) in [5.74, 6) is 3.85. The molecule has 1 amide bonds. The van der Waals surface area contributed by atoms with Crippen LogP contribution in [-0.2, 0) is 4.74 Å². The molecule has 1 fully saturated rings. The van der Waals surface area contributed by atoms with Gasteiger partial charge in [-0.15, -0.1) is 0 Å². The topological polar surface area (TPSA) is 45.7 Å². The Kier molecular flexibility index (Phi) is 3.80. The van der Waals surface area contributed by atoms with E-state index in [-0.39, 0.29) is 11.4 Å². The molecule has 130 valence electrons. The van der Waals surface area contributed by atoms with Crippen molar-refractivity contribution >= 4 is 11.8 Å². The van der Waals surface area contributed by atoms with Crippen molar-refractivity contribution in [2.75, 3.05) is 31.1 Å². The molecule has 0 bridgehead atoms. The molecule has 24 heavy (non-hydrogen) atoms. The molecule has 0 spiro atoms. The van der Waals surface area contributed by atoms with Gasteiger partial charge in [0.05, 0.1) is 11.9 Å². The van der Waals surface area contributed by atoms with Gasteiger partial charge in [-0.1, -0.05) is 12.8 Å². The second kappa shape index (κ2) is 7.52. The number of carbonyl (C=O) groups excluding carboxylic acids is 1. The van der Waals surface area contributed by atoms with Gasteiger partial charge in [0.25, 0.3) is 0 Å². The minimum atomic E-state index is -2.90. The van der Waals surface area contributed by atoms with E-state index >= 15 is 0 Å². The third-order valence-electron chi connectivity index (χ3n) is 3.36. The maximum absolute atomic E-state index is 14.3. The van der Waals surface area contributed by atoms with Gasteiger partial charge in [0.1, 0.15) is 11.3 Å². The average Bonchev–Trinajstić information content (AvgIpc) is 2.59. The Labute approximate surface area is 149 Å². The number of hydrogen-bond donors (Lipinski definition) is 0. The summed E-state index contributed by atoms with van der Waals surface area (Å²) in [5.41, 5.74) is -0.328. The number of ether oxygens (including phenoxy) is 1. The molecule has 6 heteroatoms. The molecule has 0 N–H and O–H groups in total. The van der Waals surface area contributed by atoms with Gasteiger partial charge in [0, 0.05) is 39.4 Å². The molecule has 0 radical (unpaired) electrons. The number of hydrogen-bond acceptors (Lipinski definition) is 4. The number of amides is 1. The maximum Gasteiger partial charge on any atom is 0.410 e. The number of rotatable bonds is 1. The van der Waals surface area contributed by atoms with Gasteiger partial charge < -0.3 is 14.5 Å². The normalized spacial score (nSPS) is 19.1. The second-order valence-electron chi connectivity index (χ2n) is 6.35. The molecule has 0 saturated carbocycles. The van der Waals surface area contributed by atoms with Crippen LogP contribution >= 0.6 is 0 Å². The maximum atomic E-state index is 14.3. The molecule has 1 aromatic heterocycles. The lowest BCUT2D eigenvalue weighted by molar-refractivity contribution is 0.0240. The molecule has 0 atom stereocenters. The second-order valence-corrected chi connectivity index (χ2v) is 6.35. The van der Waals surface area contributed by atoms with E-state index in [9.17, 15) is 9.18 Å². The summed E-state index contributed by atoms with van der Waals surface area (Å²) in [4.78, 5) is 19.2. The number of carbonyl (C=O) groups is 1. The van der Waals surface area contributed by atoms with Crippen molar-refractivity contribution in [1.82, 2.24) is 9.88 Å². The Bertz CT molecular complexity index is 820. The molecule has 5 nitrogen and oxygen atoms in total. The van der Waals surface area contributed by atoms with E-state index < -0.39 is 30.7 Å². The van der Waals surface area contributed by atoms with Crippen LogP contribution < -0.4 is 4.90 Å². The number of piperazine rings is 1. The third kappa shape index (κ3) is 4.85. The highest BCUT2D eigenvalue weighted by molar-refractivity contribution is 5.68. The smallest absolute Gasteiger partial charge is 0.410 e. The van der Waals surface area contributed by atoms with Gasteiger partial charge in [0.15, 0.2) is 5.82 Å². The number of pyridine rings is 1. The Hall–Kier alpha value is -2.29. The third-order valence-corrected chi connectivity index (χ3v) is 3.36. The first kappa shape index (κ1) is 12.1. The van der Waals surface area contributed by atoms with Crippen molar-refractivity contribution in [2.45, 2.75) is 39.6 Å². The van der Waals surface area contributed by atoms with E-state index in [0.717, 1.165) is 6.20 Å². The van der Waals surface area contributed by atoms with Crippen LogP contribution in [0, 0.1) is 17.7 Å². The van der Waals surface area contributed by atoms with Crippen LogP contribution in [-0.4, -0.2) is 47.8 Å². The summed E-state index contributed by atoms with van der Waals surface area (Å²) >= 11 is 0. The highest BCUT2D eigenvalue weighted by Gasteiger charge is 2.26. The van der Waals surface area contributed by atoms with Gasteiger partial charge in [0.2, 0.25) is 0 Å². The van der Waals surface area contributed by atoms with Crippen LogP contribution in [0.2, 0.25) is 0 Å². The van der Waals surface area contributed by atoms with E-state index in [1.165, 1.54) is 6.07 Å². The SMILES string of the molecule is [2H]C([2H])([2H])C([2H])([2H])C#Cc1cc(N2CCN(C(=O)OC(C)(C)C)CC2)c(F)cn1. The molecule has 2 heterocycles. The predicted octanol–water partition coefficient (Wildman–Crippen LogP) is 3.04. The summed E-state index contributed by atoms with van der Waals surface area (Å²) in [6.45, 7) is 3.87. The van der Waals surface area contributed by atoms with Crippen LogP contribution in [0.5, 0.6) is 0 Å². The van der Waals surface area contributed by atoms with Crippen LogP contribution in [0.4, 0.5) is 14.9 Å². The van der Waals surface area contributed by atoms with Crippen LogP contribution in [0.15, 0.2) is 12.3 Å². The van der Waals surface area contributed by atoms with E-state index in [2.05, 4.69) is 16.8 Å². The Morgan fingerprint density at radius 3 is 2.79 bits per heavy atom. The molecule has 0 aromatic carbocycles. The van der Waals surface area contributed by atoms with Gasteiger partial charge in [-0.05, 0) is 32.8 Å². The molecule has 1 saturated heterocycles. The largest absolute Gasteiger partial charge is 0.444 e. The van der Waals surface area contributed by atoms with E-state index in [1.54, 1.807) is 30.6 Å². The quantitative estimate of drug-likeness (QED) is 0.739. The van der Waals surface area contributed by atoms with E-state index in [4.69, 9.17) is 11.6 Å². The fourth-order valence-electron chi connectivity index (χ4n) is 2.29. The first-order valence-electron chi connectivity index (χ1n) is 10.1. The van der Waals surface area contributed by atoms with Crippen molar-refractivity contribution in [3.63, 3.8) is 0 Å². The number of halogens is 1. The van der Waals surface area contributed by atoms with Crippen molar-refractivity contribution in [3.8, 4) is 11.8 Å². The number of aromatic nitrogens is 1. The van der Waals surface area contributed by atoms with Crippen molar-refractivity contribution in [2.24, 2.45) is 0 Å². The van der Waals surface area contributed by atoms with E-state index in [1.807, 2.05) is 0 Å². The Morgan fingerprint density at radius 2 is 2.17 bits per heavy atom. The summed E-state index contributed by atoms with van der Waals surface area (Å²) in [7, 11) is 0. The first-order chi connectivity index (χ1) is 13.2. The molecule has 1 aliphatic heterocycles. The summed E-state index contributed by atoms with van der Waals surface area (Å²) in [5, 5.41) is 0. The Balaban J connectivity index is 2.12. The van der Waals surface area contributed by atoms with Crippen molar-refractivity contribution in [1.29, 1.82) is 0 Å². The predicted molar refractivity (Wildman–Crippen MR) is 91.4 cm³/mol.